The van der Waals surface area contributed by atoms with Crippen molar-refractivity contribution in [3.63, 3.8) is 0 Å². The third kappa shape index (κ3) is 4.98. The molecular formula is C24H30N2O5S. The van der Waals surface area contributed by atoms with E-state index in [-0.39, 0.29) is 23.0 Å². The fourth-order valence-electron chi connectivity index (χ4n) is 4.51. The van der Waals surface area contributed by atoms with Crippen LogP contribution in [0, 0.1) is 0 Å². The standard InChI is InChI=1S/C24H30N2O5S/c1-30-22-10-9-18(15-23(22)32(28,29)26-11-13-31-14-12-26)16-24(27)25-17-20-7-4-6-19-5-2-3-8-21(19)20/h2-3,5,8-10,15,20H,4,6-7,11-14,16-17H2,1H3,(H,25,27). The van der Waals surface area contributed by atoms with Crippen molar-refractivity contribution in [2.75, 3.05) is 40.0 Å². The molecule has 1 saturated heterocycles. The maximum Gasteiger partial charge on any atom is 0.246 e. The molecule has 1 aliphatic carbocycles. The molecule has 4 rings (SSSR count). The molecule has 0 saturated carbocycles. The van der Waals surface area contributed by atoms with Crippen LogP contribution >= 0.6 is 0 Å². The molecule has 1 atom stereocenters. The van der Waals surface area contributed by atoms with Crippen molar-refractivity contribution in [2.24, 2.45) is 0 Å². The summed E-state index contributed by atoms with van der Waals surface area (Å²) in [6, 6.07) is 13.3. The van der Waals surface area contributed by atoms with Gasteiger partial charge in [0.1, 0.15) is 10.6 Å². The summed E-state index contributed by atoms with van der Waals surface area (Å²) in [6.07, 6.45) is 3.39. The number of ether oxygens (including phenoxy) is 2. The van der Waals surface area contributed by atoms with Gasteiger partial charge < -0.3 is 14.8 Å². The molecule has 172 valence electrons. The number of hydrogen-bond acceptors (Lipinski definition) is 5. The highest BCUT2D eigenvalue weighted by Gasteiger charge is 2.29. The van der Waals surface area contributed by atoms with Crippen LogP contribution in [0.2, 0.25) is 0 Å². The summed E-state index contributed by atoms with van der Waals surface area (Å²) in [4.78, 5) is 12.8. The fraction of sp³-hybridized carbons (Fsp3) is 0.458. The van der Waals surface area contributed by atoms with E-state index in [1.165, 1.54) is 22.5 Å². The minimum Gasteiger partial charge on any atom is -0.495 e. The maximum atomic E-state index is 13.1. The summed E-state index contributed by atoms with van der Waals surface area (Å²) in [7, 11) is -2.28. The first-order valence-corrected chi connectivity index (χ1v) is 12.5. The minimum atomic E-state index is -3.73. The Kier molecular flexibility index (Phi) is 7.13. The summed E-state index contributed by atoms with van der Waals surface area (Å²) in [6.45, 7) is 1.94. The summed E-state index contributed by atoms with van der Waals surface area (Å²) >= 11 is 0. The second kappa shape index (κ2) is 10.0. The van der Waals surface area contributed by atoms with Gasteiger partial charge in [0.05, 0.1) is 26.7 Å². The van der Waals surface area contributed by atoms with Gasteiger partial charge in [-0.05, 0) is 48.1 Å². The summed E-state index contributed by atoms with van der Waals surface area (Å²) < 4.78 is 38.3. The van der Waals surface area contributed by atoms with Gasteiger partial charge in [0.2, 0.25) is 15.9 Å². The third-order valence-electron chi connectivity index (χ3n) is 6.22. The zero-order valence-electron chi connectivity index (χ0n) is 18.4. The first-order valence-electron chi connectivity index (χ1n) is 11.1. The van der Waals surface area contributed by atoms with Crippen LogP contribution in [0.25, 0.3) is 0 Å². The molecule has 1 heterocycles. The normalized spacial score (nSPS) is 19.2. The molecule has 0 bridgehead atoms. The quantitative estimate of drug-likeness (QED) is 0.689. The van der Waals surface area contributed by atoms with Crippen LogP contribution in [0.1, 0.15) is 35.4 Å². The molecule has 1 fully saturated rings. The molecule has 1 unspecified atom stereocenters. The van der Waals surface area contributed by atoms with Crippen molar-refractivity contribution in [1.82, 2.24) is 9.62 Å². The average Bonchev–Trinajstić information content (AvgIpc) is 2.83. The Balaban J connectivity index is 1.44. The number of aryl methyl sites for hydroxylation is 1. The van der Waals surface area contributed by atoms with Crippen LogP contribution in [0.4, 0.5) is 0 Å². The van der Waals surface area contributed by atoms with E-state index in [1.54, 1.807) is 18.2 Å². The Morgan fingerprint density at radius 1 is 1.19 bits per heavy atom. The molecule has 0 spiro atoms. The minimum absolute atomic E-state index is 0.0911. The molecule has 1 amide bonds. The van der Waals surface area contributed by atoms with E-state index >= 15 is 0 Å². The Labute approximate surface area is 189 Å². The Bertz CT molecular complexity index is 1060. The van der Waals surface area contributed by atoms with Gasteiger partial charge in [-0.15, -0.1) is 0 Å². The summed E-state index contributed by atoms with van der Waals surface area (Å²) in [5, 5.41) is 3.05. The number of hydrogen-bond donors (Lipinski definition) is 1. The number of fused-ring (bicyclic) bond motifs is 1. The maximum absolute atomic E-state index is 13.1. The molecule has 0 radical (unpaired) electrons. The predicted molar refractivity (Wildman–Crippen MR) is 121 cm³/mol. The molecule has 1 aliphatic heterocycles. The van der Waals surface area contributed by atoms with E-state index in [4.69, 9.17) is 9.47 Å². The Morgan fingerprint density at radius 2 is 1.97 bits per heavy atom. The fourth-order valence-corrected chi connectivity index (χ4v) is 6.12. The molecule has 2 aromatic carbocycles. The second-order valence-corrected chi connectivity index (χ2v) is 10.2. The zero-order chi connectivity index (χ0) is 22.6. The number of nitrogens with one attached hydrogen (secondary N) is 1. The van der Waals surface area contributed by atoms with Crippen LogP contribution in [-0.4, -0.2) is 58.6 Å². The van der Waals surface area contributed by atoms with E-state index in [2.05, 4.69) is 23.5 Å². The number of rotatable bonds is 7. The highest BCUT2D eigenvalue weighted by atomic mass is 32.2. The lowest BCUT2D eigenvalue weighted by atomic mass is 9.83. The number of carbonyl (C=O) groups excluding carboxylic acids is 1. The van der Waals surface area contributed by atoms with E-state index < -0.39 is 10.0 Å². The van der Waals surface area contributed by atoms with Crippen LogP contribution in [0.15, 0.2) is 47.4 Å². The van der Waals surface area contributed by atoms with Crippen molar-refractivity contribution in [1.29, 1.82) is 0 Å². The lowest BCUT2D eigenvalue weighted by Crippen LogP contribution is -2.40. The number of methoxy groups -OCH3 is 1. The van der Waals surface area contributed by atoms with Crippen LogP contribution in [-0.2, 0) is 32.4 Å². The van der Waals surface area contributed by atoms with Gasteiger partial charge in [-0.25, -0.2) is 8.42 Å². The van der Waals surface area contributed by atoms with Crippen molar-refractivity contribution < 1.29 is 22.7 Å². The zero-order valence-corrected chi connectivity index (χ0v) is 19.2. The summed E-state index contributed by atoms with van der Waals surface area (Å²) in [5.41, 5.74) is 3.33. The SMILES string of the molecule is COc1ccc(CC(=O)NCC2CCCc3ccccc32)cc1S(=O)(=O)N1CCOCC1. The Hall–Kier alpha value is -2.42. The number of amides is 1. The van der Waals surface area contributed by atoms with Gasteiger partial charge in [-0.2, -0.15) is 4.31 Å². The highest BCUT2D eigenvalue weighted by molar-refractivity contribution is 7.89. The van der Waals surface area contributed by atoms with Gasteiger partial charge in [0, 0.05) is 25.6 Å². The van der Waals surface area contributed by atoms with Crippen LogP contribution in [0.5, 0.6) is 5.75 Å². The predicted octanol–water partition coefficient (Wildman–Crippen LogP) is 2.49. The number of nitrogens with zero attached hydrogens (tertiary/aromatic N) is 1. The highest BCUT2D eigenvalue weighted by Crippen LogP contribution is 2.31. The van der Waals surface area contributed by atoms with Gasteiger partial charge >= 0.3 is 0 Å². The lowest BCUT2D eigenvalue weighted by Gasteiger charge is -2.27. The summed E-state index contributed by atoms with van der Waals surface area (Å²) in [5.74, 6) is 0.476. The van der Waals surface area contributed by atoms with Crippen molar-refractivity contribution >= 4 is 15.9 Å². The van der Waals surface area contributed by atoms with Crippen LogP contribution in [0.3, 0.4) is 0 Å². The van der Waals surface area contributed by atoms with Crippen LogP contribution < -0.4 is 10.1 Å². The van der Waals surface area contributed by atoms with Gasteiger partial charge in [0.25, 0.3) is 0 Å². The first kappa shape index (κ1) is 22.8. The molecule has 8 heteroatoms. The topological polar surface area (TPSA) is 84.9 Å². The molecule has 7 nitrogen and oxygen atoms in total. The molecule has 0 aromatic heterocycles. The average molecular weight is 459 g/mol. The lowest BCUT2D eigenvalue weighted by molar-refractivity contribution is -0.120. The van der Waals surface area contributed by atoms with Gasteiger partial charge in [0.15, 0.2) is 0 Å². The molecule has 1 N–H and O–H groups in total. The van der Waals surface area contributed by atoms with Gasteiger partial charge in [-0.1, -0.05) is 30.3 Å². The van der Waals surface area contributed by atoms with E-state index in [9.17, 15) is 13.2 Å². The van der Waals surface area contributed by atoms with Crippen molar-refractivity contribution in [3.8, 4) is 5.75 Å². The van der Waals surface area contributed by atoms with E-state index in [0.29, 0.717) is 44.3 Å². The molecule has 2 aliphatic rings. The second-order valence-electron chi connectivity index (χ2n) is 8.27. The molecule has 2 aromatic rings. The van der Waals surface area contributed by atoms with Crippen molar-refractivity contribution in [3.05, 3.63) is 59.2 Å². The monoisotopic (exact) mass is 458 g/mol. The van der Waals surface area contributed by atoms with E-state index in [0.717, 1.165) is 19.3 Å². The number of benzene rings is 2. The number of morpholine rings is 1. The Morgan fingerprint density at radius 3 is 2.75 bits per heavy atom. The van der Waals surface area contributed by atoms with Gasteiger partial charge in [-0.3, -0.25) is 4.79 Å². The first-order chi connectivity index (χ1) is 15.5. The largest absolute Gasteiger partial charge is 0.495 e. The third-order valence-corrected chi connectivity index (χ3v) is 8.14. The number of sulfonamides is 1. The van der Waals surface area contributed by atoms with Crippen molar-refractivity contribution in [2.45, 2.75) is 36.5 Å². The molecule has 32 heavy (non-hydrogen) atoms. The molecular weight excluding hydrogens is 428 g/mol. The van der Waals surface area contributed by atoms with E-state index in [1.807, 2.05) is 6.07 Å². The number of carbonyl (C=O) groups is 1. The smallest absolute Gasteiger partial charge is 0.246 e.